The van der Waals surface area contributed by atoms with Crippen LogP contribution in [0.15, 0.2) is 0 Å². The summed E-state index contributed by atoms with van der Waals surface area (Å²) in [5, 5.41) is 5.68. The molecule has 0 aliphatic heterocycles. The lowest BCUT2D eigenvalue weighted by Crippen LogP contribution is -2.45. The summed E-state index contributed by atoms with van der Waals surface area (Å²) >= 11 is 0. The SMILES string of the molecule is CC(C)NCCC(=O)N[C@H](CC(N)=O)C(=O)C(C)C. The topological polar surface area (TPSA) is 101 Å². The first-order valence-corrected chi connectivity index (χ1v) is 6.58. The molecule has 0 saturated carbocycles. The summed E-state index contributed by atoms with van der Waals surface area (Å²) in [4.78, 5) is 34.5. The number of hydrogen-bond acceptors (Lipinski definition) is 4. The number of hydrogen-bond donors (Lipinski definition) is 3. The van der Waals surface area contributed by atoms with Crippen LogP contribution in [0.3, 0.4) is 0 Å². The van der Waals surface area contributed by atoms with Crippen molar-refractivity contribution in [1.82, 2.24) is 10.6 Å². The van der Waals surface area contributed by atoms with Crippen molar-refractivity contribution in [3.63, 3.8) is 0 Å². The number of Topliss-reactive ketones (excluding diaryl/α,β-unsaturated/α-hetero) is 1. The maximum absolute atomic E-state index is 11.9. The molecule has 6 nitrogen and oxygen atoms in total. The van der Waals surface area contributed by atoms with E-state index in [-0.39, 0.29) is 30.4 Å². The number of rotatable bonds is 9. The molecule has 0 aromatic carbocycles. The van der Waals surface area contributed by atoms with Crippen LogP contribution in [-0.2, 0) is 14.4 Å². The molecule has 0 fully saturated rings. The van der Waals surface area contributed by atoms with Crippen LogP contribution in [0.2, 0.25) is 0 Å². The fourth-order valence-electron chi connectivity index (χ4n) is 1.57. The smallest absolute Gasteiger partial charge is 0.221 e. The second-order valence-electron chi connectivity index (χ2n) is 5.21. The van der Waals surface area contributed by atoms with E-state index in [0.717, 1.165) is 0 Å². The summed E-state index contributed by atoms with van der Waals surface area (Å²) in [7, 11) is 0. The van der Waals surface area contributed by atoms with Crippen LogP contribution < -0.4 is 16.4 Å². The maximum Gasteiger partial charge on any atom is 0.221 e. The molecule has 4 N–H and O–H groups in total. The highest BCUT2D eigenvalue weighted by atomic mass is 16.2. The van der Waals surface area contributed by atoms with Crippen molar-refractivity contribution < 1.29 is 14.4 Å². The molecule has 0 rings (SSSR count). The second-order valence-corrected chi connectivity index (χ2v) is 5.21. The average molecular weight is 271 g/mol. The summed E-state index contributed by atoms with van der Waals surface area (Å²) in [6, 6.07) is -0.518. The number of ketones is 1. The van der Waals surface area contributed by atoms with Crippen molar-refractivity contribution in [2.45, 2.75) is 52.6 Å². The predicted octanol–water partition coefficient (Wildman–Crippen LogP) is -0.0402. The van der Waals surface area contributed by atoms with Gasteiger partial charge in [0, 0.05) is 24.9 Å². The van der Waals surface area contributed by atoms with Gasteiger partial charge in [-0.25, -0.2) is 0 Å². The third-order valence-electron chi connectivity index (χ3n) is 2.56. The van der Waals surface area contributed by atoms with E-state index in [1.165, 1.54) is 0 Å². The van der Waals surface area contributed by atoms with Gasteiger partial charge in [-0.05, 0) is 0 Å². The number of primary amides is 1. The Morgan fingerprint density at radius 3 is 2.11 bits per heavy atom. The van der Waals surface area contributed by atoms with Crippen molar-refractivity contribution in [2.75, 3.05) is 6.54 Å². The Morgan fingerprint density at radius 1 is 1.11 bits per heavy atom. The summed E-state index contributed by atoms with van der Waals surface area (Å²) in [6.07, 6.45) is 0.110. The third-order valence-corrected chi connectivity index (χ3v) is 2.56. The van der Waals surface area contributed by atoms with Gasteiger partial charge >= 0.3 is 0 Å². The van der Waals surface area contributed by atoms with Crippen molar-refractivity contribution >= 4 is 17.6 Å². The Balaban J connectivity index is 4.35. The molecule has 6 heteroatoms. The van der Waals surface area contributed by atoms with E-state index < -0.39 is 11.9 Å². The first-order valence-electron chi connectivity index (χ1n) is 6.58. The summed E-state index contributed by atoms with van der Waals surface area (Å²) in [5.74, 6) is -1.28. The molecule has 1 atom stereocenters. The summed E-state index contributed by atoms with van der Waals surface area (Å²) in [5.41, 5.74) is 5.09. The minimum atomic E-state index is -0.816. The number of amides is 2. The second kappa shape index (κ2) is 8.63. The Hall–Kier alpha value is -1.43. The van der Waals surface area contributed by atoms with Crippen LogP contribution in [-0.4, -0.2) is 36.2 Å². The Kier molecular flexibility index (Phi) is 7.98. The minimum Gasteiger partial charge on any atom is -0.370 e. The summed E-state index contributed by atoms with van der Waals surface area (Å²) < 4.78 is 0. The van der Waals surface area contributed by atoms with Gasteiger partial charge in [-0.15, -0.1) is 0 Å². The average Bonchev–Trinajstić information content (AvgIpc) is 2.25. The Morgan fingerprint density at radius 2 is 1.68 bits per heavy atom. The van der Waals surface area contributed by atoms with Crippen molar-refractivity contribution in [2.24, 2.45) is 11.7 Å². The standard InChI is InChI=1S/C13H25N3O3/c1-8(2)13(19)10(7-11(14)17)16-12(18)5-6-15-9(3)4/h8-10,15H,5-7H2,1-4H3,(H2,14,17)(H,16,18)/t10-/m1/s1. The van der Waals surface area contributed by atoms with Crippen molar-refractivity contribution in [1.29, 1.82) is 0 Å². The third kappa shape index (κ3) is 8.31. The van der Waals surface area contributed by atoms with Gasteiger partial charge in [0.2, 0.25) is 11.8 Å². The molecular weight excluding hydrogens is 246 g/mol. The van der Waals surface area contributed by atoms with Gasteiger partial charge in [-0.3, -0.25) is 14.4 Å². The molecule has 0 heterocycles. The zero-order chi connectivity index (χ0) is 15.0. The van der Waals surface area contributed by atoms with E-state index in [1.807, 2.05) is 13.8 Å². The van der Waals surface area contributed by atoms with Crippen LogP contribution in [0.1, 0.15) is 40.5 Å². The van der Waals surface area contributed by atoms with Crippen LogP contribution in [0.25, 0.3) is 0 Å². The maximum atomic E-state index is 11.9. The highest BCUT2D eigenvalue weighted by Gasteiger charge is 2.24. The lowest BCUT2D eigenvalue weighted by molar-refractivity contribution is -0.131. The number of nitrogens with two attached hydrogens (primary N) is 1. The number of nitrogens with one attached hydrogen (secondary N) is 2. The molecule has 0 aromatic heterocycles. The van der Waals surface area contributed by atoms with Crippen LogP contribution in [0.5, 0.6) is 0 Å². The van der Waals surface area contributed by atoms with Crippen molar-refractivity contribution in [3.05, 3.63) is 0 Å². The van der Waals surface area contributed by atoms with Crippen LogP contribution in [0.4, 0.5) is 0 Å². The lowest BCUT2D eigenvalue weighted by atomic mass is 9.99. The number of carbonyl (C=O) groups is 3. The minimum absolute atomic E-state index is 0.152. The molecule has 0 aliphatic rings. The molecule has 0 radical (unpaired) electrons. The molecule has 0 aromatic rings. The monoisotopic (exact) mass is 271 g/mol. The van der Waals surface area contributed by atoms with E-state index in [4.69, 9.17) is 5.73 Å². The van der Waals surface area contributed by atoms with E-state index >= 15 is 0 Å². The zero-order valence-corrected chi connectivity index (χ0v) is 12.2. The fourth-order valence-corrected chi connectivity index (χ4v) is 1.57. The van der Waals surface area contributed by atoms with Gasteiger partial charge in [0.25, 0.3) is 0 Å². The quantitative estimate of drug-likeness (QED) is 0.547. The van der Waals surface area contributed by atoms with Gasteiger partial charge in [0.05, 0.1) is 12.5 Å². The van der Waals surface area contributed by atoms with Gasteiger partial charge < -0.3 is 16.4 Å². The normalized spacial score (nSPS) is 12.5. The van der Waals surface area contributed by atoms with Gasteiger partial charge in [0.1, 0.15) is 0 Å². The predicted molar refractivity (Wildman–Crippen MR) is 73.3 cm³/mol. The number of carbonyl (C=O) groups excluding carboxylic acids is 3. The van der Waals surface area contributed by atoms with Gasteiger partial charge in [-0.1, -0.05) is 27.7 Å². The first kappa shape index (κ1) is 17.6. The molecule has 110 valence electrons. The van der Waals surface area contributed by atoms with E-state index in [9.17, 15) is 14.4 Å². The lowest BCUT2D eigenvalue weighted by Gasteiger charge is -2.18. The van der Waals surface area contributed by atoms with E-state index in [0.29, 0.717) is 12.6 Å². The molecule has 0 unspecified atom stereocenters. The van der Waals surface area contributed by atoms with Crippen LogP contribution in [0, 0.1) is 5.92 Å². The molecule has 19 heavy (non-hydrogen) atoms. The molecule has 2 amide bonds. The van der Waals surface area contributed by atoms with Crippen molar-refractivity contribution in [3.8, 4) is 0 Å². The highest BCUT2D eigenvalue weighted by Crippen LogP contribution is 2.04. The fraction of sp³-hybridized carbons (Fsp3) is 0.769. The molecule has 0 spiro atoms. The van der Waals surface area contributed by atoms with Gasteiger partial charge in [-0.2, -0.15) is 0 Å². The first-order chi connectivity index (χ1) is 8.73. The summed E-state index contributed by atoms with van der Waals surface area (Å²) in [6.45, 7) is 7.94. The van der Waals surface area contributed by atoms with E-state index in [1.54, 1.807) is 13.8 Å². The molecular formula is C13H25N3O3. The Labute approximate surface area is 114 Å². The largest absolute Gasteiger partial charge is 0.370 e. The molecule has 0 saturated heterocycles. The highest BCUT2D eigenvalue weighted by molar-refractivity contribution is 5.93. The molecule has 0 bridgehead atoms. The molecule has 0 aliphatic carbocycles. The Bertz CT molecular complexity index is 327. The van der Waals surface area contributed by atoms with E-state index in [2.05, 4.69) is 10.6 Å². The zero-order valence-electron chi connectivity index (χ0n) is 12.2. The van der Waals surface area contributed by atoms with Gasteiger partial charge in [0.15, 0.2) is 5.78 Å². The van der Waals surface area contributed by atoms with Crippen LogP contribution >= 0.6 is 0 Å².